The molecular weight excluding hydrogens is 693 g/mol. The molecule has 0 N–H and O–H groups in total. The van der Waals surface area contributed by atoms with E-state index in [1.165, 1.54) is 66.0 Å². The van der Waals surface area contributed by atoms with Crippen molar-refractivity contribution in [3.63, 3.8) is 0 Å². The number of rotatable bonds is 4. The van der Waals surface area contributed by atoms with Crippen molar-refractivity contribution in [2.45, 2.75) is 19.3 Å². The Balaban J connectivity index is 1.18. The van der Waals surface area contributed by atoms with Crippen LogP contribution in [0.5, 0.6) is 0 Å². The number of aromatic nitrogens is 4. The molecule has 1 aliphatic rings. The first kappa shape index (κ1) is 32.0. The minimum atomic E-state index is -0.250. The summed E-state index contributed by atoms with van der Waals surface area (Å²) in [4.78, 5) is 11.0. The molecule has 268 valence electrons. The third-order valence-electron chi connectivity index (χ3n) is 12.3. The molecule has 8 aromatic carbocycles. The number of nitrogens with zero attached hydrogens (tertiary/aromatic N) is 4. The van der Waals surface area contributed by atoms with Crippen LogP contribution < -0.4 is 0 Å². The van der Waals surface area contributed by atoms with Gasteiger partial charge in [0.1, 0.15) is 0 Å². The first-order valence-corrected chi connectivity index (χ1v) is 19.7. The van der Waals surface area contributed by atoms with E-state index < -0.39 is 0 Å². The molecule has 3 heterocycles. The summed E-state index contributed by atoms with van der Waals surface area (Å²) in [5.74, 6) is 0.662. The van der Waals surface area contributed by atoms with E-state index in [0.29, 0.717) is 5.95 Å². The fraction of sp³-hybridized carbons (Fsp3) is 0.0566. The standard InChI is InChI=1S/C53H36N4/c1-53(2)44-20-10-6-16-37(44)41-30-31-42-40-29-28-36(56-46-22-12-8-17-38(46)39-18-9-13-23-47(39)56)32-48(40)57(51(42)49(41)53)52-54-45-21-11-7-19-43(45)50(55-52)35-26-24-34(25-27-35)33-14-4-3-5-15-33/h3-32H,1-2H3. The number of fused-ring (bicyclic) bond motifs is 11. The molecule has 0 saturated heterocycles. The summed E-state index contributed by atoms with van der Waals surface area (Å²) in [6, 6.07) is 65.6. The van der Waals surface area contributed by atoms with Gasteiger partial charge in [-0.15, -0.1) is 0 Å². The zero-order valence-electron chi connectivity index (χ0n) is 31.6. The minimum Gasteiger partial charge on any atom is -0.309 e. The highest BCUT2D eigenvalue weighted by Crippen LogP contribution is 2.53. The molecule has 12 rings (SSSR count). The van der Waals surface area contributed by atoms with Crippen LogP contribution in [0.4, 0.5) is 0 Å². The van der Waals surface area contributed by atoms with Gasteiger partial charge in [0.2, 0.25) is 5.95 Å². The third kappa shape index (κ3) is 4.55. The van der Waals surface area contributed by atoms with Gasteiger partial charge in [-0.2, -0.15) is 0 Å². The van der Waals surface area contributed by atoms with E-state index in [1.54, 1.807) is 0 Å². The number of para-hydroxylation sites is 3. The van der Waals surface area contributed by atoms with Gasteiger partial charge in [0.05, 0.1) is 33.3 Å². The van der Waals surface area contributed by atoms with Crippen LogP contribution in [0.15, 0.2) is 182 Å². The highest BCUT2D eigenvalue weighted by Gasteiger charge is 2.38. The summed E-state index contributed by atoms with van der Waals surface area (Å²) in [7, 11) is 0. The second-order valence-electron chi connectivity index (χ2n) is 15.8. The summed E-state index contributed by atoms with van der Waals surface area (Å²) in [5.41, 5.74) is 15.9. The number of hydrogen-bond acceptors (Lipinski definition) is 2. The smallest absolute Gasteiger partial charge is 0.235 e. The average Bonchev–Trinajstić information content (AvgIpc) is 3.86. The predicted molar refractivity (Wildman–Crippen MR) is 237 cm³/mol. The average molecular weight is 729 g/mol. The Morgan fingerprint density at radius 1 is 0.421 bits per heavy atom. The summed E-state index contributed by atoms with van der Waals surface area (Å²) in [6.07, 6.45) is 0. The monoisotopic (exact) mass is 728 g/mol. The third-order valence-corrected chi connectivity index (χ3v) is 12.3. The molecule has 0 atom stereocenters. The Morgan fingerprint density at radius 2 is 1.02 bits per heavy atom. The van der Waals surface area contributed by atoms with Crippen molar-refractivity contribution >= 4 is 54.5 Å². The molecule has 0 radical (unpaired) electrons. The van der Waals surface area contributed by atoms with Gasteiger partial charge in [-0.3, -0.25) is 4.57 Å². The van der Waals surface area contributed by atoms with Gasteiger partial charge in [-0.1, -0.05) is 166 Å². The molecule has 0 fully saturated rings. The van der Waals surface area contributed by atoms with Crippen LogP contribution in [0.25, 0.3) is 99.7 Å². The minimum absolute atomic E-state index is 0.250. The Morgan fingerprint density at radius 3 is 1.79 bits per heavy atom. The van der Waals surface area contributed by atoms with Crippen LogP contribution in [0.3, 0.4) is 0 Å². The molecule has 0 saturated carbocycles. The lowest BCUT2D eigenvalue weighted by molar-refractivity contribution is 0.663. The summed E-state index contributed by atoms with van der Waals surface area (Å²) in [6.45, 7) is 4.73. The topological polar surface area (TPSA) is 35.6 Å². The normalized spacial score (nSPS) is 13.2. The van der Waals surface area contributed by atoms with Crippen molar-refractivity contribution in [2.24, 2.45) is 0 Å². The Labute approximate surface area is 329 Å². The fourth-order valence-corrected chi connectivity index (χ4v) is 9.73. The van der Waals surface area contributed by atoms with E-state index >= 15 is 0 Å². The first-order valence-electron chi connectivity index (χ1n) is 19.7. The highest BCUT2D eigenvalue weighted by atomic mass is 15.2. The van der Waals surface area contributed by atoms with Gasteiger partial charge in [-0.05, 0) is 63.7 Å². The Hall–Kier alpha value is -7.30. The van der Waals surface area contributed by atoms with Crippen molar-refractivity contribution in [1.29, 1.82) is 0 Å². The molecule has 0 aliphatic heterocycles. The SMILES string of the molecule is CC1(C)c2ccccc2-c2ccc3c4ccc(-n5c6ccccc6c6ccccc65)cc4n(-c4nc(-c5ccc(-c6ccccc6)cc5)c5ccccc5n4)c3c21. The van der Waals surface area contributed by atoms with Gasteiger partial charge in [-0.25, -0.2) is 9.97 Å². The Kier molecular flexibility index (Phi) is 6.65. The lowest BCUT2D eigenvalue weighted by atomic mass is 9.81. The van der Waals surface area contributed by atoms with E-state index in [2.05, 4.69) is 205 Å². The first-order chi connectivity index (χ1) is 28.0. The van der Waals surface area contributed by atoms with Crippen LogP contribution in [0.2, 0.25) is 0 Å². The van der Waals surface area contributed by atoms with Gasteiger partial charge in [0, 0.05) is 43.6 Å². The molecule has 0 spiro atoms. The second-order valence-corrected chi connectivity index (χ2v) is 15.8. The van der Waals surface area contributed by atoms with Crippen LogP contribution >= 0.6 is 0 Å². The highest BCUT2D eigenvalue weighted by molar-refractivity contribution is 6.14. The molecule has 4 heteroatoms. The van der Waals surface area contributed by atoms with E-state index in [4.69, 9.17) is 9.97 Å². The van der Waals surface area contributed by atoms with Crippen LogP contribution in [0.1, 0.15) is 25.0 Å². The molecule has 3 aromatic heterocycles. The molecule has 0 bridgehead atoms. The van der Waals surface area contributed by atoms with Gasteiger partial charge in [0.25, 0.3) is 0 Å². The quantitative estimate of drug-likeness (QED) is 0.181. The van der Waals surface area contributed by atoms with Gasteiger partial charge in [0.15, 0.2) is 0 Å². The van der Waals surface area contributed by atoms with Crippen molar-refractivity contribution in [2.75, 3.05) is 0 Å². The largest absolute Gasteiger partial charge is 0.309 e. The molecule has 4 nitrogen and oxygen atoms in total. The molecular formula is C53H36N4. The van der Waals surface area contributed by atoms with Crippen molar-refractivity contribution < 1.29 is 0 Å². The number of benzene rings is 8. The maximum atomic E-state index is 5.58. The van der Waals surface area contributed by atoms with Gasteiger partial charge < -0.3 is 4.57 Å². The van der Waals surface area contributed by atoms with Crippen LogP contribution in [-0.4, -0.2) is 19.1 Å². The molecule has 57 heavy (non-hydrogen) atoms. The lowest BCUT2D eigenvalue weighted by Crippen LogP contribution is -2.17. The molecule has 11 aromatic rings. The maximum Gasteiger partial charge on any atom is 0.235 e. The summed E-state index contributed by atoms with van der Waals surface area (Å²) >= 11 is 0. The van der Waals surface area contributed by atoms with Crippen LogP contribution in [0, 0.1) is 0 Å². The zero-order valence-corrected chi connectivity index (χ0v) is 31.6. The fourth-order valence-electron chi connectivity index (χ4n) is 9.73. The molecule has 0 amide bonds. The maximum absolute atomic E-state index is 5.58. The zero-order chi connectivity index (χ0) is 37.8. The van der Waals surface area contributed by atoms with E-state index in [9.17, 15) is 0 Å². The summed E-state index contributed by atoms with van der Waals surface area (Å²) < 4.78 is 4.76. The second kappa shape index (κ2) is 11.8. The Bertz CT molecular complexity index is 3370. The number of hydrogen-bond donors (Lipinski definition) is 0. The van der Waals surface area contributed by atoms with E-state index in [1.807, 2.05) is 0 Å². The van der Waals surface area contributed by atoms with Crippen molar-refractivity contribution in [1.82, 2.24) is 19.1 Å². The predicted octanol–water partition coefficient (Wildman–Crippen LogP) is 13.5. The van der Waals surface area contributed by atoms with E-state index in [0.717, 1.165) is 38.9 Å². The van der Waals surface area contributed by atoms with Crippen LogP contribution in [-0.2, 0) is 5.41 Å². The van der Waals surface area contributed by atoms with Crippen molar-refractivity contribution in [3.05, 3.63) is 193 Å². The van der Waals surface area contributed by atoms with E-state index in [-0.39, 0.29) is 5.41 Å². The summed E-state index contributed by atoms with van der Waals surface area (Å²) in [5, 5.41) is 5.88. The lowest BCUT2D eigenvalue weighted by Gasteiger charge is -2.23. The van der Waals surface area contributed by atoms with Crippen molar-refractivity contribution in [3.8, 4) is 45.1 Å². The molecule has 0 unspecified atom stereocenters. The van der Waals surface area contributed by atoms with Gasteiger partial charge >= 0.3 is 0 Å². The molecule has 1 aliphatic carbocycles.